The van der Waals surface area contributed by atoms with Crippen LogP contribution in [0.25, 0.3) is 0 Å². The maximum Gasteiger partial charge on any atom is 0.270 e. The maximum atomic E-state index is 12.4. The highest BCUT2D eigenvalue weighted by Crippen LogP contribution is 2.24. The molecule has 1 saturated heterocycles. The van der Waals surface area contributed by atoms with Gasteiger partial charge in [-0.3, -0.25) is 19.8 Å². The van der Waals surface area contributed by atoms with Crippen molar-refractivity contribution in [1.82, 2.24) is 9.80 Å². The first kappa shape index (κ1) is 15.7. The molecule has 1 aliphatic rings. The number of amides is 1. The molecule has 0 atom stereocenters. The molecular formula is C13H16ClN3O4. The van der Waals surface area contributed by atoms with Gasteiger partial charge in [-0.2, -0.15) is 0 Å². The molecule has 21 heavy (non-hydrogen) atoms. The SMILES string of the molecule is O=C(c1ccc([N+](=O)[O-])cc1Cl)N1CCN(CCO)CC1. The van der Waals surface area contributed by atoms with E-state index in [0.717, 1.165) is 0 Å². The molecule has 0 aromatic heterocycles. The molecular weight excluding hydrogens is 298 g/mol. The Balaban J connectivity index is 2.06. The first-order chi connectivity index (χ1) is 10.0. The zero-order valence-corrected chi connectivity index (χ0v) is 12.1. The van der Waals surface area contributed by atoms with E-state index >= 15 is 0 Å². The summed E-state index contributed by atoms with van der Waals surface area (Å²) >= 11 is 5.97. The number of rotatable bonds is 4. The summed E-state index contributed by atoms with van der Waals surface area (Å²) in [6.45, 7) is 3.18. The van der Waals surface area contributed by atoms with Crippen LogP contribution in [0.2, 0.25) is 5.02 Å². The van der Waals surface area contributed by atoms with Crippen LogP contribution in [0.5, 0.6) is 0 Å². The summed E-state index contributed by atoms with van der Waals surface area (Å²) in [4.78, 5) is 26.2. The van der Waals surface area contributed by atoms with Crippen molar-refractivity contribution < 1.29 is 14.8 Å². The summed E-state index contributed by atoms with van der Waals surface area (Å²) in [5, 5.41) is 19.6. The topological polar surface area (TPSA) is 86.9 Å². The molecule has 1 N–H and O–H groups in total. The van der Waals surface area contributed by atoms with Gasteiger partial charge >= 0.3 is 0 Å². The van der Waals surface area contributed by atoms with Crippen molar-refractivity contribution in [3.8, 4) is 0 Å². The molecule has 7 nitrogen and oxygen atoms in total. The van der Waals surface area contributed by atoms with Gasteiger partial charge in [0.2, 0.25) is 0 Å². The Morgan fingerprint density at radius 1 is 1.33 bits per heavy atom. The Kier molecular flexibility index (Phi) is 5.11. The molecule has 0 spiro atoms. The van der Waals surface area contributed by atoms with E-state index in [2.05, 4.69) is 4.90 Å². The van der Waals surface area contributed by atoms with Gasteiger partial charge < -0.3 is 10.0 Å². The molecule has 1 aliphatic heterocycles. The first-order valence-electron chi connectivity index (χ1n) is 6.59. The van der Waals surface area contributed by atoms with Crippen molar-refractivity contribution in [2.75, 3.05) is 39.3 Å². The molecule has 1 aromatic carbocycles. The lowest BCUT2D eigenvalue weighted by molar-refractivity contribution is -0.384. The normalized spacial score (nSPS) is 16.0. The Labute approximate surface area is 126 Å². The largest absolute Gasteiger partial charge is 0.395 e. The second kappa shape index (κ2) is 6.84. The zero-order valence-electron chi connectivity index (χ0n) is 11.4. The summed E-state index contributed by atoms with van der Waals surface area (Å²) in [7, 11) is 0. The fourth-order valence-electron chi connectivity index (χ4n) is 2.28. The summed E-state index contributed by atoms with van der Waals surface area (Å²) in [6.07, 6.45) is 0. The lowest BCUT2D eigenvalue weighted by Crippen LogP contribution is -2.49. The van der Waals surface area contributed by atoms with Gasteiger partial charge in [-0.05, 0) is 6.07 Å². The number of nitro benzene ring substituents is 1. The van der Waals surface area contributed by atoms with Gasteiger partial charge in [-0.25, -0.2) is 0 Å². The van der Waals surface area contributed by atoms with E-state index in [1.54, 1.807) is 4.90 Å². The van der Waals surface area contributed by atoms with Crippen LogP contribution in [0.3, 0.4) is 0 Å². The standard InChI is InChI=1S/C13H16ClN3O4/c14-12-9-10(17(20)21)1-2-11(12)13(19)16-5-3-15(4-6-16)7-8-18/h1-2,9,18H,3-8H2. The van der Waals surface area contributed by atoms with Crippen molar-refractivity contribution in [3.05, 3.63) is 38.9 Å². The van der Waals surface area contributed by atoms with Crippen molar-refractivity contribution in [3.63, 3.8) is 0 Å². The molecule has 1 heterocycles. The third-order valence-electron chi connectivity index (χ3n) is 3.47. The average Bonchev–Trinajstić information content (AvgIpc) is 2.47. The number of carbonyl (C=O) groups excluding carboxylic acids is 1. The van der Waals surface area contributed by atoms with E-state index in [4.69, 9.17) is 16.7 Å². The number of carbonyl (C=O) groups is 1. The van der Waals surface area contributed by atoms with E-state index in [0.29, 0.717) is 32.7 Å². The fourth-order valence-corrected chi connectivity index (χ4v) is 2.53. The van der Waals surface area contributed by atoms with E-state index in [1.165, 1.54) is 18.2 Å². The fraction of sp³-hybridized carbons (Fsp3) is 0.462. The van der Waals surface area contributed by atoms with Crippen LogP contribution >= 0.6 is 11.6 Å². The highest BCUT2D eigenvalue weighted by atomic mass is 35.5. The molecule has 8 heteroatoms. The molecule has 1 fully saturated rings. The van der Waals surface area contributed by atoms with Crippen LogP contribution in [-0.2, 0) is 0 Å². The number of β-amino-alcohol motifs (C(OH)–C–C–N with tert-alkyl or cyclic N) is 1. The molecule has 1 amide bonds. The lowest BCUT2D eigenvalue weighted by atomic mass is 10.1. The van der Waals surface area contributed by atoms with Gasteiger partial charge in [-0.15, -0.1) is 0 Å². The highest BCUT2D eigenvalue weighted by molar-refractivity contribution is 6.34. The molecule has 0 aliphatic carbocycles. The number of benzene rings is 1. The second-order valence-corrected chi connectivity index (χ2v) is 5.19. The van der Waals surface area contributed by atoms with Gasteiger partial charge in [0.1, 0.15) is 0 Å². The zero-order chi connectivity index (χ0) is 15.4. The highest BCUT2D eigenvalue weighted by Gasteiger charge is 2.24. The van der Waals surface area contributed by atoms with Gasteiger partial charge in [0.15, 0.2) is 0 Å². The molecule has 0 bridgehead atoms. The quantitative estimate of drug-likeness (QED) is 0.662. The van der Waals surface area contributed by atoms with Gasteiger partial charge in [0.05, 0.1) is 22.1 Å². The molecule has 0 unspecified atom stereocenters. The van der Waals surface area contributed by atoms with Crippen LogP contribution < -0.4 is 0 Å². The first-order valence-corrected chi connectivity index (χ1v) is 6.97. The van der Waals surface area contributed by atoms with Gasteiger partial charge in [-0.1, -0.05) is 11.6 Å². The van der Waals surface area contributed by atoms with Crippen LogP contribution in [0.1, 0.15) is 10.4 Å². The number of nitrogens with zero attached hydrogens (tertiary/aromatic N) is 3. The minimum Gasteiger partial charge on any atom is -0.395 e. The minimum absolute atomic E-state index is 0.0898. The summed E-state index contributed by atoms with van der Waals surface area (Å²) in [5.41, 5.74) is 0.141. The lowest BCUT2D eigenvalue weighted by Gasteiger charge is -2.34. The van der Waals surface area contributed by atoms with Gasteiger partial charge in [0.25, 0.3) is 11.6 Å². The van der Waals surface area contributed by atoms with Crippen LogP contribution in [0.4, 0.5) is 5.69 Å². The second-order valence-electron chi connectivity index (χ2n) is 4.78. The molecule has 0 saturated carbocycles. The summed E-state index contributed by atoms with van der Waals surface area (Å²) in [6, 6.07) is 3.86. The Morgan fingerprint density at radius 2 is 2.00 bits per heavy atom. The molecule has 114 valence electrons. The number of hydrogen-bond acceptors (Lipinski definition) is 5. The number of hydrogen-bond donors (Lipinski definition) is 1. The van der Waals surface area contributed by atoms with E-state index in [1.807, 2.05) is 0 Å². The molecule has 1 aromatic rings. The van der Waals surface area contributed by atoms with E-state index < -0.39 is 4.92 Å². The Bertz CT molecular complexity index is 544. The van der Waals surface area contributed by atoms with Crippen molar-refractivity contribution in [2.24, 2.45) is 0 Å². The number of piperazine rings is 1. The van der Waals surface area contributed by atoms with Crippen molar-refractivity contribution in [1.29, 1.82) is 0 Å². The summed E-state index contributed by atoms with van der Waals surface area (Å²) < 4.78 is 0. The smallest absolute Gasteiger partial charge is 0.270 e. The monoisotopic (exact) mass is 313 g/mol. The van der Waals surface area contributed by atoms with Crippen LogP contribution in [-0.4, -0.2) is 65.1 Å². The number of aliphatic hydroxyl groups excluding tert-OH is 1. The minimum atomic E-state index is -0.548. The number of halogens is 1. The van der Waals surface area contributed by atoms with Crippen molar-refractivity contribution in [2.45, 2.75) is 0 Å². The van der Waals surface area contributed by atoms with Crippen molar-refractivity contribution >= 4 is 23.2 Å². The predicted molar refractivity (Wildman–Crippen MR) is 77.5 cm³/mol. The molecule has 2 rings (SSSR count). The summed E-state index contributed by atoms with van der Waals surface area (Å²) in [5.74, 6) is -0.224. The van der Waals surface area contributed by atoms with E-state index in [-0.39, 0.29) is 28.8 Å². The average molecular weight is 314 g/mol. The Hall–Kier alpha value is -1.70. The van der Waals surface area contributed by atoms with Gasteiger partial charge in [0, 0.05) is 44.9 Å². The predicted octanol–water partition coefficient (Wildman–Crippen LogP) is 0.998. The van der Waals surface area contributed by atoms with Crippen LogP contribution in [0.15, 0.2) is 18.2 Å². The third-order valence-corrected chi connectivity index (χ3v) is 3.78. The maximum absolute atomic E-state index is 12.4. The van der Waals surface area contributed by atoms with E-state index in [9.17, 15) is 14.9 Å². The Morgan fingerprint density at radius 3 is 2.52 bits per heavy atom. The number of aliphatic hydroxyl groups is 1. The number of non-ortho nitro benzene ring substituents is 1. The number of nitro groups is 1. The van der Waals surface area contributed by atoms with Crippen LogP contribution in [0, 0.1) is 10.1 Å². The third kappa shape index (κ3) is 3.69. The molecule has 0 radical (unpaired) electrons.